The maximum absolute atomic E-state index is 11.7. The largest absolute Gasteiger partial charge is 0.414 e. The van der Waals surface area contributed by atoms with E-state index in [9.17, 15) is 4.79 Å². The third-order valence-electron chi connectivity index (χ3n) is 3.49. The zero-order chi connectivity index (χ0) is 14.6. The molecule has 0 aliphatic carbocycles. The van der Waals surface area contributed by atoms with Crippen molar-refractivity contribution in [1.29, 1.82) is 0 Å². The summed E-state index contributed by atoms with van der Waals surface area (Å²) in [6, 6.07) is 8.08. The van der Waals surface area contributed by atoms with Crippen LogP contribution in [0, 0.1) is 0 Å². The zero-order valence-corrected chi connectivity index (χ0v) is 12.8. The van der Waals surface area contributed by atoms with Crippen molar-refractivity contribution in [3.8, 4) is 5.75 Å². The lowest BCUT2D eigenvalue weighted by atomic mass is 10.1. The van der Waals surface area contributed by atoms with Gasteiger partial charge in [0.1, 0.15) is 11.8 Å². The number of ether oxygens (including phenoxy) is 1. The van der Waals surface area contributed by atoms with Crippen LogP contribution in [-0.4, -0.2) is 50.2 Å². The fourth-order valence-corrected chi connectivity index (χ4v) is 1.59. The third-order valence-corrected chi connectivity index (χ3v) is 3.49. The van der Waals surface area contributed by atoms with Gasteiger partial charge in [0.15, 0.2) is 0 Å². The Morgan fingerprint density at radius 3 is 2.53 bits per heavy atom. The number of nitrogens with zero attached hydrogens (tertiary/aromatic N) is 2. The molecule has 1 aromatic rings. The van der Waals surface area contributed by atoms with Crippen LogP contribution in [0.15, 0.2) is 24.3 Å². The summed E-state index contributed by atoms with van der Waals surface area (Å²) in [5.41, 5.74) is 1.16. The molecule has 4 heteroatoms. The number of amides is 1. The molecule has 0 saturated carbocycles. The summed E-state index contributed by atoms with van der Waals surface area (Å²) in [7, 11) is 8.16. The molecule has 1 rings (SSSR count). The van der Waals surface area contributed by atoms with Crippen LogP contribution in [-0.2, 0) is 0 Å². The van der Waals surface area contributed by atoms with E-state index < -0.39 is 0 Å². The molecule has 1 amide bonds. The molecular weight excluding hydrogens is 240 g/mol. The van der Waals surface area contributed by atoms with Crippen molar-refractivity contribution < 1.29 is 14.0 Å². The van der Waals surface area contributed by atoms with Gasteiger partial charge in [-0.2, -0.15) is 0 Å². The Kier molecular flexibility index (Phi) is 4.95. The minimum Gasteiger partial charge on any atom is -0.410 e. The SMILES string of the molecule is CCN(C)C(=O)Oc1cccc([C@@H](C)[N+](C)(C)C)c1. The van der Waals surface area contributed by atoms with Crippen LogP contribution < -0.4 is 4.74 Å². The van der Waals surface area contributed by atoms with E-state index in [0.29, 0.717) is 18.3 Å². The second-order valence-corrected chi connectivity index (χ2v) is 5.75. The summed E-state index contributed by atoms with van der Waals surface area (Å²) in [4.78, 5) is 13.3. The van der Waals surface area contributed by atoms with Crippen molar-refractivity contribution in [2.45, 2.75) is 19.9 Å². The second-order valence-electron chi connectivity index (χ2n) is 5.75. The van der Waals surface area contributed by atoms with Gasteiger partial charge in [-0.05, 0) is 26.0 Å². The number of benzene rings is 1. The van der Waals surface area contributed by atoms with E-state index in [1.54, 1.807) is 7.05 Å². The van der Waals surface area contributed by atoms with Gasteiger partial charge in [0.05, 0.1) is 21.1 Å². The molecular formula is C15H25N2O2+. The van der Waals surface area contributed by atoms with Crippen molar-refractivity contribution in [3.63, 3.8) is 0 Å². The number of rotatable bonds is 4. The van der Waals surface area contributed by atoms with Gasteiger partial charge in [0.25, 0.3) is 0 Å². The molecule has 106 valence electrons. The molecule has 4 nitrogen and oxygen atoms in total. The molecule has 0 aliphatic rings. The third kappa shape index (κ3) is 4.24. The quantitative estimate of drug-likeness (QED) is 0.783. The van der Waals surface area contributed by atoms with Gasteiger partial charge in [0.2, 0.25) is 0 Å². The zero-order valence-electron chi connectivity index (χ0n) is 12.8. The van der Waals surface area contributed by atoms with Gasteiger partial charge in [-0.25, -0.2) is 4.79 Å². The van der Waals surface area contributed by atoms with Gasteiger partial charge in [-0.1, -0.05) is 12.1 Å². The Hall–Kier alpha value is -1.55. The van der Waals surface area contributed by atoms with Crippen LogP contribution in [0.1, 0.15) is 25.5 Å². The molecule has 0 unspecified atom stereocenters. The van der Waals surface area contributed by atoms with Crippen LogP contribution in [0.3, 0.4) is 0 Å². The van der Waals surface area contributed by atoms with Gasteiger partial charge in [-0.3, -0.25) is 0 Å². The van der Waals surface area contributed by atoms with E-state index in [1.165, 1.54) is 4.90 Å². The molecule has 0 bridgehead atoms. The highest BCUT2D eigenvalue weighted by Crippen LogP contribution is 2.25. The van der Waals surface area contributed by atoms with E-state index >= 15 is 0 Å². The van der Waals surface area contributed by atoms with E-state index in [4.69, 9.17) is 4.74 Å². The number of quaternary nitrogens is 1. The first kappa shape index (κ1) is 15.5. The predicted octanol–water partition coefficient (Wildman–Crippen LogP) is 2.90. The molecule has 0 heterocycles. The maximum Gasteiger partial charge on any atom is 0.414 e. The standard InChI is InChI=1S/C15H25N2O2/c1-7-16(3)15(18)19-14-10-8-9-13(11-14)12(2)17(4,5)6/h8-12H,7H2,1-6H3/q+1/t12-/m1/s1. The molecule has 0 radical (unpaired) electrons. The highest BCUT2D eigenvalue weighted by molar-refractivity contribution is 5.70. The lowest BCUT2D eigenvalue weighted by molar-refractivity contribution is -0.900. The first-order valence-corrected chi connectivity index (χ1v) is 6.59. The lowest BCUT2D eigenvalue weighted by Crippen LogP contribution is -2.37. The Balaban J connectivity index is 2.86. The normalized spacial score (nSPS) is 12.9. The average molecular weight is 265 g/mol. The fourth-order valence-electron chi connectivity index (χ4n) is 1.59. The molecule has 0 fully saturated rings. The van der Waals surface area contributed by atoms with Crippen LogP contribution in [0.2, 0.25) is 0 Å². The van der Waals surface area contributed by atoms with Crippen molar-refractivity contribution in [3.05, 3.63) is 29.8 Å². The number of carbonyl (C=O) groups excluding carboxylic acids is 1. The predicted molar refractivity (Wildman–Crippen MR) is 77.2 cm³/mol. The Morgan fingerprint density at radius 2 is 2.00 bits per heavy atom. The van der Waals surface area contributed by atoms with Crippen molar-refractivity contribution in [2.75, 3.05) is 34.7 Å². The van der Waals surface area contributed by atoms with Crippen molar-refractivity contribution in [2.24, 2.45) is 0 Å². The molecule has 0 spiro atoms. The van der Waals surface area contributed by atoms with Gasteiger partial charge < -0.3 is 14.1 Å². The Labute approximate surface area is 116 Å². The lowest BCUT2D eigenvalue weighted by Gasteiger charge is -2.32. The minimum atomic E-state index is -0.322. The van der Waals surface area contributed by atoms with E-state index in [1.807, 2.05) is 25.1 Å². The first-order chi connectivity index (χ1) is 8.75. The van der Waals surface area contributed by atoms with Crippen LogP contribution in [0.25, 0.3) is 0 Å². The molecule has 0 aliphatic heterocycles. The molecule has 19 heavy (non-hydrogen) atoms. The summed E-state index contributed by atoms with van der Waals surface area (Å²) in [6.45, 7) is 4.71. The maximum atomic E-state index is 11.7. The highest BCUT2D eigenvalue weighted by atomic mass is 16.6. The highest BCUT2D eigenvalue weighted by Gasteiger charge is 2.21. The molecule has 1 aromatic carbocycles. The summed E-state index contributed by atoms with van der Waals surface area (Å²) >= 11 is 0. The van der Waals surface area contributed by atoms with Crippen LogP contribution in [0.5, 0.6) is 5.75 Å². The molecule has 0 aromatic heterocycles. The van der Waals surface area contributed by atoms with E-state index in [-0.39, 0.29) is 6.09 Å². The Morgan fingerprint density at radius 1 is 1.37 bits per heavy atom. The van der Waals surface area contributed by atoms with Gasteiger partial charge in [-0.15, -0.1) is 0 Å². The molecule has 0 N–H and O–H groups in total. The summed E-state index contributed by atoms with van der Waals surface area (Å²) in [5, 5.41) is 0. The Bertz CT molecular complexity index is 438. The summed E-state index contributed by atoms with van der Waals surface area (Å²) in [5.74, 6) is 0.600. The van der Waals surface area contributed by atoms with Gasteiger partial charge >= 0.3 is 6.09 Å². The van der Waals surface area contributed by atoms with E-state index in [0.717, 1.165) is 10.0 Å². The molecule has 0 saturated heterocycles. The van der Waals surface area contributed by atoms with Crippen molar-refractivity contribution >= 4 is 6.09 Å². The van der Waals surface area contributed by atoms with Crippen LogP contribution in [0.4, 0.5) is 4.79 Å². The topological polar surface area (TPSA) is 29.5 Å². The van der Waals surface area contributed by atoms with Gasteiger partial charge in [0, 0.05) is 19.2 Å². The summed E-state index contributed by atoms with van der Waals surface area (Å²) in [6.07, 6.45) is -0.322. The van der Waals surface area contributed by atoms with E-state index in [2.05, 4.69) is 34.1 Å². The van der Waals surface area contributed by atoms with Crippen molar-refractivity contribution in [1.82, 2.24) is 4.90 Å². The molecule has 1 atom stereocenters. The van der Waals surface area contributed by atoms with Crippen LogP contribution >= 0.6 is 0 Å². The minimum absolute atomic E-state index is 0.322. The number of hydrogen-bond donors (Lipinski definition) is 0. The number of carbonyl (C=O) groups is 1. The smallest absolute Gasteiger partial charge is 0.410 e. The average Bonchev–Trinajstić information content (AvgIpc) is 2.36. The first-order valence-electron chi connectivity index (χ1n) is 6.59. The fraction of sp³-hybridized carbons (Fsp3) is 0.533. The number of hydrogen-bond acceptors (Lipinski definition) is 2. The second kappa shape index (κ2) is 6.06. The monoisotopic (exact) mass is 265 g/mol. The summed E-state index contributed by atoms with van der Waals surface area (Å²) < 4.78 is 6.18.